The third kappa shape index (κ3) is 4.45. The summed E-state index contributed by atoms with van der Waals surface area (Å²) < 4.78 is 13.6. The van der Waals surface area contributed by atoms with E-state index in [1.165, 1.54) is 17.8 Å². The minimum absolute atomic E-state index is 0.0195. The number of amides is 1. The molecule has 0 saturated heterocycles. The quantitative estimate of drug-likeness (QED) is 0.873. The van der Waals surface area contributed by atoms with Crippen LogP contribution in [-0.4, -0.2) is 22.5 Å². The lowest BCUT2D eigenvalue weighted by atomic mass is 10.1. The number of hydrazone groups is 1. The van der Waals surface area contributed by atoms with Crippen LogP contribution in [0.3, 0.4) is 0 Å². The van der Waals surface area contributed by atoms with E-state index in [4.69, 9.17) is 0 Å². The molecule has 3 rings (SSSR count). The molecule has 128 valence electrons. The van der Waals surface area contributed by atoms with Gasteiger partial charge in [0, 0.05) is 17.9 Å². The summed E-state index contributed by atoms with van der Waals surface area (Å²) in [6.45, 7) is 1.81. The van der Waals surface area contributed by atoms with Crippen LogP contribution in [0.25, 0.3) is 0 Å². The smallest absolute Gasteiger partial charge is 0.224 e. The number of halogens is 1. The van der Waals surface area contributed by atoms with Crippen molar-refractivity contribution in [1.82, 2.24) is 5.43 Å². The predicted molar refractivity (Wildman–Crippen MR) is 101 cm³/mol. The molecule has 0 aromatic heterocycles. The second-order valence-electron chi connectivity index (χ2n) is 5.31. The van der Waals surface area contributed by atoms with Crippen LogP contribution in [-0.2, 0) is 4.79 Å². The predicted octanol–water partition coefficient (Wildman–Crippen LogP) is 3.90. The van der Waals surface area contributed by atoms with Gasteiger partial charge in [0.1, 0.15) is 11.5 Å². The lowest BCUT2D eigenvalue weighted by Gasteiger charge is -2.15. The third-order valence-electron chi connectivity index (χ3n) is 3.53. The fourth-order valence-electron chi connectivity index (χ4n) is 2.17. The summed E-state index contributed by atoms with van der Waals surface area (Å²) in [4.78, 5) is 15.6. The van der Waals surface area contributed by atoms with Crippen molar-refractivity contribution in [3.8, 4) is 0 Å². The van der Waals surface area contributed by atoms with Gasteiger partial charge < -0.3 is 5.32 Å². The van der Waals surface area contributed by atoms with Gasteiger partial charge in [0.05, 0.1) is 5.71 Å². The first kappa shape index (κ1) is 17.2. The van der Waals surface area contributed by atoms with Crippen molar-refractivity contribution in [3.05, 3.63) is 59.9 Å². The second kappa shape index (κ2) is 7.94. The zero-order chi connectivity index (χ0) is 17.6. The Morgan fingerprint density at radius 2 is 2.04 bits per heavy atom. The van der Waals surface area contributed by atoms with E-state index in [9.17, 15) is 9.18 Å². The molecule has 1 amide bonds. The molecule has 1 aliphatic heterocycles. The summed E-state index contributed by atoms with van der Waals surface area (Å²) >= 11 is 1.46. The Hall–Kier alpha value is -2.67. The highest BCUT2D eigenvalue weighted by Crippen LogP contribution is 2.21. The number of anilines is 1. The standard InChI is InChI=1S/C18H17FN4OS/c1-2-17(24)20-13-9-7-12(8-10-13)16-11-25-18(23-22-16)21-15-6-4-3-5-14(15)19/h3-10H,2,11H2,1H3,(H,20,24)(H,21,23). The van der Waals surface area contributed by atoms with Gasteiger partial charge in [-0.25, -0.2) is 9.38 Å². The number of amidine groups is 1. The normalized spacial score (nSPS) is 15.4. The van der Waals surface area contributed by atoms with E-state index in [0.29, 0.717) is 17.3 Å². The first-order valence-corrected chi connectivity index (χ1v) is 8.83. The molecule has 0 saturated carbocycles. The van der Waals surface area contributed by atoms with Crippen LogP contribution < -0.4 is 10.7 Å². The zero-order valence-electron chi connectivity index (χ0n) is 13.6. The first-order chi connectivity index (χ1) is 12.2. The van der Waals surface area contributed by atoms with Crippen molar-refractivity contribution in [3.63, 3.8) is 0 Å². The van der Waals surface area contributed by atoms with Gasteiger partial charge in [-0.1, -0.05) is 43.0 Å². The number of nitrogens with zero attached hydrogens (tertiary/aromatic N) is 2. The molecule has 0 unspecified atom stereocenters. The van der Waals surface area contributed by atoms with E-state index in [0.717, 1.165) is 17.0 Å². The molecule has 0 spiro atoms. The van der Waals surface area contributed by atoms with E-state index < -0.39 is 0 Å². The van der Waals surface area contributed by atoms with Gasteiger partial charge in [-0.05, 0) is 29.8 Å². The number of carbonyl (C=O) groups is 1. The average Bonchev–Trinajstić information content (AvgIpc) is 2.65. The Bertz CT molecular complexity index is 833. The number of carbonyl (C=O) groups excluding carboxylic acids is 1. The molecule has 25 heavy (non-hydrogen) atoms. The highest BCUT2D eigenvalue weighted by molar-refractivity contribution is 8.14. The van der Waals surface area contributed by atoms with Gasteiger partial charge in [-0.15, -0.1) is 0 Å². The molecule has 7 heteroatoms. The molecule has 0 fully saturated rings. The van der Waals surface area contributed by atoms with Crippen LogP contribution in [0.15, 0.2) is 58.6 Å². The minimum atomic E-state index is -0.364. The highest BCUT2D eigenvalue weighted by Gasteiger charge is 2.14. The third-order valence-corrected chi connectivity index (χ3v) is 4.40. The molecule has 2 aromatic rings. The summed E-state index contributed by atoms with van der Waals surface area (Å²) in [5.74, 6) is 0.242. The number of para-hydroxylation sites is 1. The molecule has 2 N–H and O–H groups in total. The summed E-state index contributed by atoms with van der Waals surface area (Å²) in [5.41, 5.74) is 5.73. The molecule has 0 radical (unpaired) electrons. The van der Waals surface area contributed by atoms with Gasteiger partial charge in [0.15, 0.2) is 5.17 Å². The SMILES string of the molecule is CCC(=O)Nc1ccc(C2=NNC(=Nc3ccccc3F)SC2)cc1. The Balaban J connectivity index is 1.69. The minimum Gasteiger partial charge on any atom is -0.326 e. The molecular weight excluding hydrogens is 339 g/mol. The number of thioether (sulfide) groups is 1. The second-order valence-corrected chi connectivity index (χ2v) is 6.27. The molecule has 0 bridgehead atoms. The van der Waals surface area contributed by atoms with Crippen LogP contribution in [0.4, 0.5) is 15.8 Å². The monoisotopic (exact) mass is 356 g/mol. The molecule has 0 aliphatic carbocycles. The van der Waals surface area contributed by atoms with Crippen LogP contribution in [0.2, 0.25) is 0 Å². The van der Waals surface area contributed by atoms with Crippen molar-refractivity contribution in [2.45, 2.75) is 13.3 Å². The maximum absolute atomic E-state index is 13.6. The van der Waals surface area contributed by atoms with E-state index in [-0.39, 0.29) is 17.4 Å². The summed E-state index contributed by atoms with van der Waals surface area (Å²) in [5, 5.41) is 7.68. The fraction of sp³-hybridized carbons (Fsp3) is 0.167. The maximum Gasteiger partial charge on any atom is 0.224 e. The Morgan fingerprint density at radius 3 is 2.68 bits per heavy atom. The molecule has 1 aliphatic rings. The van der Waals surface area contributed by atoms with Gasteiger partial charge in [0.25, 0.3) is 0 Å². The van der Waals surface area contributed by atoms with Crippen molar-refractivity contribution in [1.29, 1.82) is 0 Å². The maximum atomic E-state index is 13.6. The van der Waals surface area contributed by atoms with Crippen LogP contribution in [0.5, 0.6) is 0 Å². The number of hydrogen-bond donors (Lipinski definition) is 2. The van der Waals surface area contributed by atoms with Gasteiger partial charge >= 0.3 is 0 Å². The van der Waals surface area contributed by atoms with E-state index in [1.807, 2.05) is 31.2 Å². The van der Waals surface area contributed by atoms with Gasteiger partial charge in [0.2, 0.25) is 5.91 Å². The number of benzene rings is 2. The van der Waals surface area contributed by atoms with Crippen molar-refractivity contribution in [2.75, 3.05) is 11.1 Å². The lowest BCUT2D eigenvalue weighted by molar-refractivity contribution is -0.115. The fourth-order valence-corrected chi connectivity index (χ4v) is 2.95. The summed E-state index contributed by atoms with van der Waals surface area (Å²) in [7, 11) is 0. The Morgan fingerprint density at radius 1 is 1.28 bits per heavy atom. The zero-order valence-corrected chi connectivity index (χ0v) is 14.4. The highest BCUT2D eigenvalue weighted by atomic mass is 32.2. The van der Waals surface area contributed by atoms with Crippen molar-refractivity contribution >= 4 is 39.9 Å². The van der Waals surface area contributed by atoms with E-state index >= 15 is 0 Å². The van der Waals surface area contributed by atoms with Gasteiger partial charge in [-0.3, -0.25) is 10.2 Å². The molecular formula is C18H17FN4OS. The van der Waals surface area contributed by atoms with E-state index in [2.05, 4.69) is 20.8 Å². The van der Waals surface area contributed by atoms with Crippen molar-refractivity contribution in [2.24, 2.45) is 10.1 Å². The largest absolute Gasteiger partial charge is 0.326 e. The van der Waals surface area contributed by atoms with Crippen LogP contribution >= 0.6 is 11.8 Å². The van der Waals surface area contributed by atoms with Crippen LogP contribution in [0.1, 0.15) is 18.9 Å². The van der Waals surface area contributed by atoms with Gasteiger partial charge in [-0.2, -0.15) is 5.10 Å². The molecule has 0 atom stereocenters. The number of aliphatic imine (C=N–C) groups is 1. The lowest BCUT2D eigenvalue weighted by Crippen LogP contribution is -2.25. The number of hydrogen-bond acceptors (Lipinski definition) is 4. The molecule has 5 nitrogen and oxygen atoms in total. The molecule has 2 aromatic carbocycles. The summed E-state index contributed by atoms with van der Waals surface area (Å²) in [6.07, 6.45) is 0.444. The topological polar surface area (TPSA) is 65.8 Å². The average molecular weight is 356 g/mol. The Labute approximate surface area is 149 Å². The summed E-state index contributed by atoms with van der Waals surface area (Å²) in [6, 6.07) is 13.9. The van der Waals surface area contributed by atoms with E-state index in [1.54, 1.807) is 18.2 Å². The van der Waals surface area contributed by atoms with Crippen molar-refractivity contribution < 1.29 is 9.18 Å². The molecule has 1 heterocycles. The number of rotatable bonds is 4. The first-order valence-electron chi connectivity index (χ1n) is 7.84. The van der Waals surface area contributed by atoms with Crippen LogP contribution in [0, 0.1) is 5.82 Å². The Kier molecular flexibility index (Phi) is 5.45. The number of nitrogens with one attached hydrogen (secondary N) is 2.